The molecule has 2 heterocycles. The largest absolute Gasteiger partial charge is 0.481 e. The first-order valence-electron chi connectivity index (χ1n) is 5.31. The van der Waals surface area contributed by atoms with E-state index in [1.54, 1.807) is 12.5 Å². The minimum Gasteiger partial charge on any atom is -0.481 e. The zero-order valence-corrected chi connectivity index (χ0v) is 10.8. The molecular weight excluding hydrogens is 254 g/mol. The Hall–Kier alpha value is -1.83. The summed E-state index contributed by atoms with van der Waals surface area (Å²) in [5.74, 6) is -0.0752. The number of imidazole rings is 1. The number of carbonyl (C=O) groups is 1. The Morgan fingerprint density at radius 3 is 3.00 bits per heavy atom. The molecular formula is C10H13N5O2S. The van der Waals surface area contributed by atoms with Crippen molar-refractivity contribution in [2.24, 2.45) is 7.05 Å². The second-order valence-corrected chi connectivity index (χ2v) is 4.72. The van der Waals surface area contributed by atoms with Crippen molar-refractivity contribution in [1.29, 1.82) is 0 Å². The number of aryl methyl sites for hydroxylation is 1. The second kappa shape index (κ2) is 5.21. The van der Waals surface area contributed by atoms with Gasteiger partial charge in [-0.1, -0.05) is 11.8 Å². The number of nitrogens with zero attached hydrogens (tertiary/aromatic N) is 5. The molecule has 0 spiro atoms. The van der Waals surface area contributed by atoms with Crippen molar-refractivity contribution < 1.29 is 9.90 Å². The predicted molar refractivity (Wildman–Crippen MR) is 65.4 cm³/mol. The van der Waals surface area contributed by atoms with Crippen molar-refractivity contribution >= 4 is 17.7 Å². The van der Waals surface area contributed by atoms with Crippen molar-refractivity contribution in [3.8, 4) is 0 Å². The van der Waals surface area contributed by atoms with Crippen LogP contribution in [0.1, 0.15) is 18.8 Å². The van der Waals surface area contributed by atoms with Gasteiger partial charge in [0.2, 0.25) is 0 Å². The van der Waals surface area contributed by atoms with Crippen LogP contribution >= 0.6 is 11.8 Å². The van der Waals surface area contributed by atoms with Crippen LogP contribution in [0.5, 0.6) is 0 Å². The molecule has 8 heteroatoms. The molecule has 0 aliphatic rings. The van der Waals surface area contributed by atoms with E-state index < -0.39 is 5.97 Å². The quantitative estimate of drug-likeness (QED) is 0.806. The number of hydrogen-bond donors (Lipinski definition) is 1. The van der Waals surface area contributed by atoms with Crippen LogP contribution in [-0.4, -0.2) is 41.1 Å². The summed E-state index contributed by atoms with van der Waals surface area (Å²) < 4.78 is 3.72. The van der Waals surface area contributed by atoms with Crippen LogP contribution in [0.2, 0.25) is 0 Å². The third-order valence-electron chi connectivity index (χ3n) is 2.50. The fourth-order valence-corrected chi connectivity index (χ4v) is 2.38. The fraction of sp³-hybridized carbons (Fsp3) is 0.400. The first kappa shape index (κ1) is 12.6. The van der Waals surface area contributed by atoms with Crippen LogP contribution in [-0.2, 0) is 11.8 Å². The number of aromatic nitrogens is 5. The van der Waals surface area contributed by atoms with Crippen molar-refractivity contribution in [3.63, 3.8) is 0 Å². The molecule has 1 N–H and O–H groups in total. The summed E-state index contributed by atoms with van der Waals surface area (Å²) in [6.45, 7) is 1.97. The van der Waals surface area contributed by atoms with Gasteiger partial charge in [-0.25, -0.2) is 4.98 Å². The van der Waals surface area contributed by atoms with Crippen molar-refractivity contribution in [1.82, 2.24) is 24.3 Å². The van der Waals surface area contributed by atoms with Crippen LogP contribution in [0.3, 0.4) is 0 Å². The summed E-state index contributed by atoms with van der Waals surface area (Å²) in [6, 6.07) is -0.0451. The van der Waals surface area contributed by atoms with Gasteiger partial charge in [0, 0.05) is 19.4 Å². The SMILES string of the molecule is CC(c1nncn1C)n1ccnc1SCC(=O)O. The molecule has 1 atom stereocenters. The molecule has 0 fully saturated rings. The molecule has 0 bridgehead atoms. The molecule has 0 saturated heterocycles. The number of aliphatic carboxylic acids is 1. The van der Waals surface area contributed by atoms with Gasteiger partial charge in [0.25, 0.3) is 0 Å². The lowest BCUT2D eigenvalue weighted by Gasteiger charge is -2.14. The summed E-state index contributed by atoms with van der Waals surface area (Å²) in [5, 5.41) is 17.2. The summed E-state index contributed by atoms with van der Waals surface area (Å²) in [5.41, 5.74) is 0. The monoisotopic (exact) mass is 267 g/mol. The Balaban J connectivity index is 2.21. The molecule has 0 radical (unpaired) electrons. The highest BCUT2D eigenvalue weighted by Crippen LogP contribution is 2.23. The highest BCUT2D eigenvalue weighted by molar-refractivity contribution is 7.99. The second-order valence-electron chi connectivity index (χ2n) is 3.78. The molecule has 0 saturated carbocycles. The normalized spacial score (nSPS) is 12.6. The van der Waals surface area contributed by atoms with Gasteiger partial charge in [-0.2, -0.15) is 0 Å². The first-order valence-corrected chi connectivity index (χ1v) is 6.29. The Labute approximate surface area is 108 Å². The fourth-order valence-electron chi connectivity index (χ4n) is 1.63. The van der Waals surface area contributed by atoms with Crippen molar-refractivity contribution in [3.05, 3.63) is 24.5 Å². The topological polar surface area (TPSA) is 85.8 Å². The van der Waals surface area contributed by atoms with E-state index in [0.717, 1.165) is 5.82 Å². The Morgan fingerprint density at radius 1 is 1.61 bits per heavy atom. The van der Waals surface area contributed by atoms with Crippen LogP contribution in [0, 0.1) is 0 Å². The highest BCUT2D eigenvalue weighted by Gasteiger charge is 2.17. The summed E-state index contributed by atoms with van der Waals surface area (Å²) >= 11 is 1.19. The van der Waals surface area contributed by atoms with Gasteiger partial charge in [0.05, 0.1) is 11.8 Å². The van der Waals surface area contributed by atoms with E-state index in [-0.39, 0.29) is 11.8 Å². The standard InChI is InChI=1S/C10H13N5O2S/c1-7(9-13-12-6-14(9)2)15-4-3-11-10(15)18-5-8(16)17/h3-4,6-7H,5H2,1-2H3,(H,16,17). The van der Waals surface area contributed by atoms with Gasteiger partial charge >= 0.3 is 5.97 Å². The van der Waals surface area contributed by atoms with E-state index >= 15 is 0 Å². The van der Waals surface area contributed by atoms with Gasteiger partial charge in [-0.05, 0) is 6.92 Å². The predicted octanol–water partition coefficient (Wildman–Crippen LogP) is 0.798. The Morgan fingerprint density at radius 2 is 2.39 bits per heavy atom. The van der Waals surface area contributed by atoms with E-state index in [1.165, 1.54) is 11.8 Å². The average Bonchev–Trinajstić information content (AvgIpc) is 2.93. The van der Waals surface area contributed by atoms with Crippen molar-refractivity contribution in [2.75, 3.05) is 5.75 Å². The van der Waals surface area contributed by atoms with E-state index in [4.69, 9.17) is 5.11 Å². The molecule has 0 aromatic carbocycles. The summed E-state index contributed by atoms with van der Waals surface area (Å²) in [6.07, 6.45) is 5.09. The van der Waals surface area contributed by atoms with Crippen LogP contribution in [0.25, 0.3) is 0 Å². The van der Waals surface area contributed by atoms with Crippen LogP contribution in [0.15, 0.2) is 23.9 Å². The molecule has 2 rings (SSSR count). The molecule has 96 valence electrons. The third-order valence-corrected chi connectivity index (χ3v) is 3.46. The number of rotatable bonds is 5. The summed E-state index contributed by atoms with van der Waals surface area (Å²) in [7, 11) is 1.87. The van der Waals surface area contributed by atoms with E-state index in [2.05, 4.69) is 15.2 Å². The lowest BCUT2D eigenvalue weighted by molar-refractivity contribution is -0.133. The lowest BCUT2D eigenvalue weighted by atomic mass is 10.3. The number of carboxylic acids is 1. The molecule has 2 aromatic rings. The van der Waals surface area contributed by atoms with Gasteiger partial charge in [0.15, 0.2) is 11.0 Å². The maximum absolute atomic E-state index is 10.6. The number of hydrogen-bond acceptors (Lipinski definition) is 5. The van der Waals surface area contributed by atoms with Gasteiger partial charge < -0.3 is 14.2 Å². The molecule has 18 heavy (non-hydrogen) atoms. The molecule has 7 nitrogen and oxygen atoms in total. The first-order chi connectivity index (χ1) is 8.59. The minimum atomic E-state index is -0.860. The Kier molecular flexibility index (Phi) is 3.66. The van der Waals surface area contributed by atoms with Crippen molar-refractivity contribution in [2.45, 2.75) is 18.1 Å². The minimum absolute atomic E-state index is 0.0114. The molecule has 0 aliphatic heterocycles. The zero-order chi connectivity index (χ0) is 13.1. The highest BCUT2D eigenvalue weighted by atomic mass is 32.2. The van der Waals surface area contributed by atoms with Crippen LogP contribution in [0.4, 0.5) is 0 Å². The molecule has 0 aliphatic carbocycles. The maximum Gasteiger partial charge on any atom is 0.313 e. The zero-order valence-electron chi connectivity index (χ0n) is 10.0. The van der Waals surface area contributed by atoms with Crippen LogP contribution < -0.4 is 0 Å². The van der Waals surface area contributed by atoms with Gasteiger partial charge in [-0.3, -0.25) is 4.79 Å². The number of carboxylic acid groups (broad SMARTS) is 1. The molecule has 2 aromatic heterocycles. The Bertz CT molecular complexity index is 550. The number of thioether (sulfide) groups is 1. The summed E-state index contributed by atoms with van der Waals surface area (Å²) in [4.78, 5) is 14.7. The van der Waals surface area contributed by atoms with Gasteiger partial charge in [0.1, 0.15) is 6.33 Å². The third kappa shape index (κ3) is 2.53. The van der Waals surface area contributed by atoms with E-state index in [9.17, 15) is 4.79 Å². The molecule has 0 amide bonds. The molecule has 1 unspecified atom stereocenters. The maximum atomic E-state index is 10.6. The lowest BCUT2D eigenvalue weighted by Crippen LogP contribution is -2.12. The van der Waals surface area contributed by atoms with E-state index in [1.807, 2.05) is 29.3 Å². The van der Waals surface area contributed by atoms with E-state index in [0.29, 0.717) is 5.16 Å². The van der Waals surface area contributed by atoms with Gasteiger partial charge in [-0.15, -0.1) is 10.2 Å². The average molecular weight is 267 g/mol. The smallest absolute Gasteiger partial charge is 0.313 e.